The molecular weight excluding hydrogens is 240 g/mol. The van der Waals surface area contributed by atoms with Gasteiger partial charge in [0.2, 0.25) is 0 Å². The summed E-state index contributed by atoms with van der Waals surface area (Å²) in [5.74, 6) is -0.0697. The third kappa shape index (κ3) is 2.76. The average Bonchev–Trinajstić information content (AvgIpc) is 2.46. The van der Waals surface area contributed by atoms with E-state index in [2.05, 4.69) is 6.92 Å². The lowest BCUT2D eigenvalue weighted by atomic mass is 9.97. The Morgan fingerprint density at radius 2 is 1.84 bits per heavy atom. The Bertz CT molecular complexity index is 585. The van der Waals surface area contributed by atoms with E-state index in [1.54, 1.807) is 19.2 Å². The molecule has 2 aromatic carbocycles. The van der Waals surface area contributed by atoms with Crippen molar-refractivity contribution in [2.45, 2.75) is 13.3 Å². The van der Waals surface area contributed by atoms with Crippen LogP contribution in [0.4, 0.5) is 0 Å². The lowest BCUT2D eigenvalue weighted by Crippen LogP contribution is -1.96. The summed E-state index contributed by atoms with van der Waals surface area (Å²) < 4.78 is 5.22. The average molecular weight is 256 g/mol. The van der Waals surface area contributed by atoms with E-state index in [1.165, 1.54) is 5.56 Å². The van der Waals surface area contributed by atoms with Crippen molar-refractivity contribution in [2.24, 2.45) is 0 Å². The van der Waals surface area contributed by atoms with Crippen LogP contribution in [0.25, 0.3) is 11.1 Å². The zero-order valence-electron chi connectivity index (χ0n) is 11.0. The first-order valence-electron chi connectivity index (χ1n) is 6.16. The normalized spacial score (nSPS) is 10.2. The van der Waals surface area contributed by atoms with Crippen LogP contribution in [0.15, 0.2) is 42.5 Å². The zero-order chi connectivity index (χ0) is 13.8. The van der Waals surface area contributed by atoms with Gasteiger partial charge in [0, 0.05) is 0 Å². The monoisotopic (exact) mass is 256 g/mol. The van der Waals surface area contributed by atoms with Crippen molar-refractivity contribution in [3.8, 4) is 16.9 Å². The van der Waals surface area contributed by atoms with Crippen LogP contribution in [0.3, 0.4) is 0 Å². The summed E-state index contributed by atoms with van der Waals surface area (Å²) in [6.45, 7) is 2.09. The van der Waals surface area contributed by atoms with Crippen LogP contribution in [0.5, 0.6) is 5.75 Å². The van der Waals surface area contributed by atoms with Crippen molar-refractivity contribution in [2.75, 3.05) is 7.11 Å². The largest absolute Gasteiger partial charge is 0.497 e. The van der Waals surface area contributed by atoms with Gasteiger partial charge in [-0.15, -0.1) is 0 Å². The maximum Gasteiger partial charge on any atom is 0.335 e. The van der Waals surface area contributed by atoms with Crippen molar-refractivity contribution in [1.82, 2.24) is 0 Å². The first-order valence-corrected chi connectivity index (χ1v) is 6.16. The fraction of sp³-hybridized carbons (Fsp3) is 0.188. The number of aryl methyl sites for hydroxylation is 1. The third-order valence-electron chi connectivity index (χ3n) is 3.14. The number of carboxylic acids is 1. The number of carbonyl (C=O) groups is 1. The number of ether oxygens (including phenoxy) is 1. The fourth-order valence-corrected chi connectivity index (χ4v) is 2.06. The van der Waals surface area contributed by atoms with E-state index in [4.69, 9.17) is 9.84 Å². The molecule has 0 amide bonds. The first-order chi connectivity index (χ1) is 9.15. The van der Waals surface area contributed by atoms with Gasteiger partial charge in [0.05, 0.1) is 12.7 Å². The van der Waals surface area contributed by atoms with Crippen molar-refractivity contribution in [3.05, 3.63) is 53.6 Å². The lowest BCUT2D eigenvalue weighted by Gasteiger charge is -2.10. The molecule has 0 heterocycles. The second-order valence-corrected chi connectivity index (χ2v) is 4.26. The number of benzene rings is 2. The Morgan fingerprint density at radius 3 is 2.37 bits per heavy atom. The van der Waals surface area contributed by atoms with E-state index in [1.807, 2.05) is 30.3 Å². The van der Waals surface area contributed by atoms with Crippen LogP contribution in [0, 0.1) is 0 Å². The Morgan fingerprint density at radius 1 is 1.16 bits per heavy atom. The van der Waals surface area contributed by atoms with Gasteiger partial charge in [-0.3, -0.25) is 0 Å². The minimum absolute atomic E-state index is 0.301. The molecule has 19 heavy (non-hydrogen) atoms. The molecule has 98 valence electrons. The standard InChI is InChI=1S/C16H16O3/c1-3-11-10-14(19-2)8-9-15(11)12-4-6-13(7-5-12)16(17)18/h4-10H,3H2,1-2H3,(H,17,18). The number of rotatable bonds is 4. The molecule has 2 rings (SSSR count). The zero-order valence-corrected chi connectivity index (χ0v) is 11.0. The summed E-state index contributed by atoms with van der Waals surface area (Å²) >= 11 is 0. The summed E-state index contributed by atoms with van der Waals surface area (Å²) in [5, 5.41) is 8.90. The molecule has 0 saturated carbocycles. The highest BCUT2D eigenvalue weighted by Crippen LogP contribution is 2.28. The molecule has 0 aliphatic rings. The van der Waals surface area contributed by atoms with E-state index in [-0.39, 0.29) is 0 Å². The molecule has 1 N–H and O–H groups in total. The second-order valence-electron chi connectivity index (χ2n) is 4.26. The van der Waals surface area contributed by atoms with E-state index in [9.17, 15) is 4.79 Å². The van der Waals surface area contributed by atoms with E-state index >= 15 is 0 Å². The molecule has 0 spiro atoms. The van der Waals surface area contributed by atoms with Crippen LogP contribution >= 0.6 is 0 Å². The summed E-state index contributed by atoms with van der Waals surface area (Å²) in [4.78, 5) is 10.8. The van der Waals surface area contributed by atoms with Gasteiger partial charge in [-0.25, -0.2) is 4.79 Å². The Kier molecular flexibility index (Phi) is 3.85. The minimum atomic E-state index is -0.906. The van der Waals surface area contributed by atoms with Crippen molar-refractivity contribution in [3.63, 3.8) is 0 Å². The second kappa shape index (κ2) is 5.57. The predicted octanol–water partition coefficient (Wildman–Crippen LogP) is 3.62. The van der Waals surface area contributed by atoms with E-state index < -0.39 is 5.97 Å². The number of hydrogen-bond donors (Lipinski definition) is 1. The number of carboxylic acid groups (broad SMARTS) is 1. The van der Waals surface area contributed by atoms with Gasteiger partial charge in [-0.1, -0.05) is 25.1 Å². The molecule has 0 aliphatic carbocycles. The number of hydrogen-bond acceptors (Lipinski definition) is 2. The summed E-state index contributed by atoms with van der Waals surface area (Å²) in [5.41, 5.74) is 3.61. The number of aromatic carboxylic acids is 1. The fourth-order valence-electron chi connectivity index (χ4n) is 2.06. The Hall–Kier alpha value is -2.29. The van der Waals surface area contributed by atoms with E-state index in [0.717, 1.165) is 23.3 Å². The molecule has 0 bridgehead atoms. The Labute approximate surface area is 112 Å². The topological polar surface area (TPSA) is 46.5 Å². The van der Waals surface area contributed by atoms with Gasteiger partial charge in [-0.2, -0.15) is 0 Å². The van der Waals surface area contributed by atoms with Crippen molar-refractivity contribution < 1.29 is 14.6 Å². The Balaban J connectivity index is 2.43. The quantitative estimate of drug-likeness (QED) is 0.908. The smallest absolute Gasteiger partial charge is 0.335 e. The predicted molar refractivity (Wildman–Crippen MR) is 74.8 cm³/mol. The highest BCUT2D eigenvalue weighted by atomic mass is 16.5. The van der Waals surface area contributed by atoms with Gasteiger partial charge >= 0.3 is 5.97 Å². The van der Waals surface area contributed by atoms with Crippen LogP contribution in [0.1, 0.15) is 22.8 Å². The molecule has 0 atom stereocenters. The molecule has 0 aromatic heterocycles. The highest BCUT2D eigenvalue weighted by molar-refractivity contribution is 5.88. The van der Waals surface area contributed by atoms with Gasteiger partial charge < -0.3 is 9.84 Å². The van der Waals surface area contributed by atoms with Crippen LogP contribution in [-0.2, 0) is 6.42 Å². The SMILES string of the molecule is CCc1cc(OC)ccc1-c1ccc(C(=O)O)cc1. The molecular formula is C16H16O3. The molecule has 2 aromatic rings. The minimum Gasteiger partial charge on any atom is -0.497 e. The summed E-state index contributed by atoms with van der Waals surface area (Å²) in [7, 11) is 1.65. The van der Waals surface area contributed by atoms with Gasteiger partial charge in [0.1, 0.15) is 5.75 Å². The molecule has 0 unspecified atom stereocenters. The lowest BCUT2D eigenvalue weighted by molar-refractivity contribution is 0.0697. The molecule has 3 heteroatoms. The maximum atomic E-state index is 10.8. The van der Waals surface area contributed by atoms with Crippen molar-refractivity contribution >= 4 is 5.97 Å². The van der Waals surface area contributed by atoms with Crippen LogP contribution in [0.2, 0.25) is 0 Å². The summed E-state index contributed by atoms with van der Waals surface area (Å²) in [6.07, 6.45) is 0.896. The summed E-state index contributed by atoms with van der Waals surface area (Å²) in [6, 6.07) is 12.9. The molecule has 3 nitrogen and oxygen atoms in total. The van der Waals surface area contributed by atoms with E-state index in [0.29, 0.717) is 5.56 Å². The molecule has 0 radical (unpaired) electrons. The van der Waals surface area contributed by atoms with Crippen LogP contribution in [-0.4, -0.2) is 18.2 Å². The van der Waals surface area contributed by atoms with Gasteiger partial charge in [0.15, 0.2) is 0 Å². The number of methoxy groups -OCH3 is 1. The molecule has 0 saturated heterocycles. The molecule has 0 fully saturated rings. The first kappa shape index (κ1) is 13.1. The van der Waals surface area contributed by atoms with Crippen LogP contribution < -0.4 is 4.74 Å². The highest BCUT2D eigenvalue weighted by Gasteiger charge is 2.07. The van der Waals surface area contributed by atoms with Gasteiger partial charge in [0.25, 0.3) is 0 Å². The van der Waals surface area contributed by atoms with Crippen molar-refractivity contribution in [1.29, 1.82) is 0 Å². The third-order valence-corrected chi connectivity index (χ3v) is 3.14. The maximum absolute atomic E-state index is 10.8. The molecule has 0 aliphatic heterocycles. The van der Waals surface area contributed by atoms with Gasteiger partial charge in [-0.05, 0) is 47.4 Å².